The van der Waals surface area contributed by atoms with Gasteiger partial charge in [-0.25, -0.2) is 0 Å². The number of hydrogen-bond donors (Lipinski definition) is 0. The number of carbonyl (C=O) groups is 1. The Kier molecular flexibility index (Phi) is 4.38. The Morgan fingerprint density at radius 2 is 1.78 bits per heavy atom. The molecule has 3 aromatic rings. The van der Waals surface area contributed by atoms with Crippen LogP contribution in [0, 0.1) is 0 Å². The smallest absolute Gasteiger partial charge is 0.167 e. The van der Waals surface area contributed by atoms with E-state index in [9.17, 15) is 4.79 Å². The number of ketones is 1. The summed E-state index contributed by atoms with van der Waals surface area (Å²) in [5, 5.41) is 1.05. The minimum absolute atomic E-state index is 0.0826. The van der Waals surface area contributed by atoms with Crippen LogP contribution in [0.25, 0.3) is 10.9 Å². The van der Waals surface area contributed by atoms with Crippen molar-refractivity contribution in [1.29, 1.82) is 0 Å². The van der Waals surface area contributed by atoms with Crippen LogP contribution in [0.2, 0.25) is 0 Å². The highest BCUT2D eigenvalue weighted by Crippen LogP contribution is 2.19. The van der Waals surface area contributed by atoms with Crippen LogP contribution in [0.1, 0.15) is 29.8 Å². The third-order valence-corrected chi connectivity index (χ3v) is 3.62. The van der Waals surface area contributed by atoms with E-state index in [0.29, 0.717) is 12.0 Å². The van der Waals surface area contributed by atoms with Crippen LogP contribution in [0.15, 0.2) is 60.8 Å². The minimum atomic E-state index is 0.0826. The van der Waals surface area contributed by atoms with Crippen LogP contribution in [0.3, 0.4) is 0 Å². The lowest BCUT2D eigenvalue weighted by Gasteiger charge is -2.10. The van der Waals surface area contributed by atoms with Crippen molar-refractivity contribution < 1.29 is 9.53 Å². The second kappa shape index (κ2) is 6.61. The summed E-state index contributed by atoms with van der Waals surface area (Å²) in [7, 11) is 0. The first-order valence-electron chi connectivity index (χ1n) is 7.76. The van der Waals surface area contributed by atoms with Gasteiger partial charge in [-0.15, -0.1) is 0 Å². The number of nitrogens with zero attached hydrogens (tertiary/aromatic N) is 1. The number of carbonyl (C=O) groups excluding carboxylic acids is 1. The highest BCUT2D eigenvalue weighted by molar-refractivity contribution is 5.99. The SMILES string of the molecule is CC(C)Oc1ccc(C(=O)Cc2cccc3cccnc23)cc1. The van der Waals surface area contributed by atoms with E-state index in [0.717, 1.165) is 22.2 Å². The second-order valence-electron chi connectivity index (χ2n) is 5.78. The summed E-state index contributed by atoms with van der Waals surface area (Å²) >= 11 is 0. The van der Waals surface area contributed by atoms with E-state index in [2.05, 4.69) is 4.98 Å². The molecule has 0 amide bonds. The molecule has 0 radical (unpaired) electrons. The molecule has 0 fully saturated rings. The fraction of sp³-hybridized carbons (Fsp3) is 0.200. The number of hydrogen-bond acceptors (Lipinski definition) is 3. The molecular formula is C20H19NO2. The van der Waals surface area contributed by atoms with Crippen molar-refractivity contribution in [3.63, 3.8) is 0 Å². The first-order valence-corrected chi connectivity index (χ1v) is 7.76. The fourth-order valence-corrected chi connectivity index (χ4v) is 2.58. The third kappa shape index (κ3) is 3.57. The Labute approximate surface area is 135 Å². The Morgan fingerprint density at radius 3 is 2.52 bits per heavy atom. The van der Waals surface area contributed by atoms with Gasteiger partial charge in [0.05, 0.1) is 11.6 Å². The zero-order valence-corrected chi connectivity index (χ0v) is 13.3. The van der Waals surface area contributed by atoms with Gasteiger partial charge in [-0.1, -0.05) is 24.3 Å². The van der Waals surface area contributed by atoms with Crippen molar-refractivity contribution in [3.05, 3.63) is 71.9 Å². The summed E-state index contributed by atoms with van der Waals surface area (Å²) in [5.74, 6) is 0.864. The van der Waals surface area contributed by atoms with Crippen molar-refractivity contribution in [2.45, 2.75) is 26.4 Å². The van der Waals surface area contributed by atoms with E-state index >= 15 is 0 Å². The summed E-state index contributed by atoms with van der Waals surface area (Å²) in [6, 6.07) is 17.2. The quantitative estimate of drug-likeness (QED) is 0.654. The van der Waals surface area contributed by atoms with Gasteiger partial charge in [0.25, 0.3) is 0 Å². The Morgan fingerprint density at radius 1 is 1.04 bits per heavy atom. The zero-order chi connectivity index (χ0) is 16.2. The summed E-state index contributed by atoms with van der Waals surface area (Å²) in [6.07, 6.45) is 2.23. The van der Waals surface area contributed by atoms with Crippen molar-refractivity contribution >= 4 is 16.7 Å². The molecule has 0 N–H and O–H groups in total. The molecule has 3 rings (SSSR count). The third-order valence-electron chi connectivity index (χ3n) is 3.62. The monoisotopic (exact) mass is 305 g/mol. The van der Waals surface area contributed by atoms with Gasteiger partial charge >= 0.3 is 0 Å². The van der Waals surface area contributed by atoms with E-state index in [4.69, 9.17) is 4.74 Å². The molecule has 0 unspecified atom stereocenters. The van der Waals surface area contributed by atoms with Crippen LogP contribution in [-0.4, -0.2) is 16.9 Å². The van der Waals surface area contributed by atoms with Crippen LogP contribution in [0.5, 0.6) is 5.75 Å². The highest BCUT2D eigenvalue weighted by Gasteiger charge is 2.10. The molecule has 3 heteroatoms. The molecule has 1 aromatic heterocycles. The molecule has 1 heterocycles. The predicted molar refractivity (Wildman–Crippen MR) is 92.0 cm³/mol. The van der Waals surface area contributed by atoms with Gasteiger partial charge in [-0.3, -0.25) is 9.78 Å². The maximum Gasteiger partial charge on any atom is 0.167 e. The second-order valence-corrected chi connectivity index (χ2v) is 5.78. The summed E-state index contributed by atoms with van der Waals surface area (Å²) in [6.45, 7) is 3.96. The van der Waals surface area contributed by atoms with Crippen LogP contribution < -0.4 is 4.74 Å². The number of para-hydroxylation sites is 1. The molecule has 3 nitrogen and oxygen atoms in total. The van der Waals surface area contributed by atoms with Crippen molar-refractivity contribution in [2.75, 3.05) is 0 Å². The predicted octanol–water partition coefficient (Wildman–Crippen LogP) is 4.45. The van der Waals surface area contributed by atoms with Gasteiger partial charge in [0, 0.05) is 23.6 Å². The first-order chi connectivity index (χ1) is 11.1. The molecule has 2 aromatic carbocycles. The Hall–Kier alpha value is -2.68. The fourth-order valence-electron chi connectivity index (χ4n) is 2.58. The number of rotatable bonds is 5. The maximum atomic E-state index is 12.5. The average Bonchev–Trinajstić information content (AvgIpc) is 2.55. The molecule has 0 aliphatic carbocycles. The standard InChI is InChI=1S/C20H19NO2/c1-14(2)23-18-10-8-15(9-11-18)19(22)13-17-6-3-5-16-7-4-12-21-20(16)17/h3-12,14H,13H2,1-2H3. The maximum absolute atomic E-state index is 12.5. The normalized spacial score (nSPS) is 10.9. The molecule has 0 saturated carbocycles. The van der Waals surface area contributed by atoms with Gasteiger partial charge in [-0.05, 0) is 49.7 Å². The zero-order valence-electron chi connectivity index (χ0n) is 13.3. The first kappa shape index (κ1) is 15.2. The van der Waals surface area contributed by atoms with Crippen LogP contribution in [0.4, 0.5) is 0 Å². The van der Waals surface area contributed by atoms with E-state index < -0.39 is 0 Å². The van der Waals surface area contributed by atoms with E-state index in [1.165, 1.54) is 0 Å². The molecule has 116 valence electrons. The number of fused-ring (bicyclic) bond motifs is 1. The Balaban J connectivity index is 1.81. The molecule has 0 aliphatic heterocycles. The summed E-state index contributed by atoms with van der Waals surface area (Å²) in [5.41, 5.74) is 2.53. The highest BCUT2D eigenvalue weighted by atomic mass is 16.5. The molecule has 0 spiro atoms. The van der Waals surface area contributed by atoms with E-state index in [1.54, 1.807) is 6.20 Å². The lowest BCUT2D eigenvalue weighted by atomic mass is 10.0. The lowest BCUT2D eigenvalue weighted by Crippen LogP contribution is -2.07. The van der Waals surface area contributed by atoms with Gasteiger partial charge in [0.1, 0.15) is 5.75 Å². The molecule has 0 aliphatic rings. The Bertz CT molecular complexity index is 817. The number of aromatic nitrogens is 1. The van der Waals surface area contributed by atoms with E-state index in [-0.39, 0.29) is 11.9 Å². The van der Waals surface area contributed by atoms with Gasteiger partial charge in [0.15, 0.2) is 5.78 Å². The average molecular weight is 305 g/mol. The van der Waals surface area contributed by atoms with Crippen molar-refractivity contribution in [3.8, 4) is 5.75 Å². The summed E-state index contributed by atoms with van der Waals surface area (Å²) < 4.78 is 5.60. The number of benzene rings is 2. The van der Waals surface area contributed by atoms with Crippen LogP contribution >= 0.6 is 0 Å². The molecule has 0 saturated heterocycles. The topological polar surface area (TPSA) is 39.2 Å². The van der Waals surface area contributed by atoms with Gasteiger partial charge in [-0.2, -0.15) is 0 Å². The van der Waals surface area contributed by atoms with Crippen molar-refractivity contribution in [1.82, 2.24) is 4.98 Å². The number of pyridine rings is 1. The summed E-state index contributed by atoms with van der Waals surface area (Å²) in [4.78, 5) is 16.9. The molecular weight excluding hydrogens is 286 g/mol. The number of ether oxygens (including phenoxy) is 1. The van der Waals surface area contributed by atoms with Crippen LogP contribution in [-0.2, 0) is 6.42 Å². The molecule has 0 atom stereocenters. The van der Waals surface area contributed by atoms with E-state index in [1.807, 2.05) is 68.4 Å². The van der Waals surface area contributed by atoms with Gasteiger partial charge in [0.2, 0.25) is 0 Å². The molecule has 0 bridgehead atoms. The van der Waals surface area contributed by atoms with Crippen molar-refractivity contribution in [2.24, 2.45) is 0 Å². The molecule has 23 heavy (non-hydrogen) atoms. The van der Waals surface area contributed by atoms with Gasteiger partial charge < -0.3 is 4.74 Å². The lowest BCUT2D eigenvalue weighted by molar-refractivity contribution is 0.0993. The largest absolute Gasteiger partial charge is 0.491 e. The number of Topliss-reactive ketones (excluding diaryl/α,β-unsaturated/α-hetero) is 1. The minimum Gasteiger partial charge on any atom is -0.491 e.